The summed E-state index contributed by atoms with van der Waals surface area (Å²) in [6.45, 7) is 7.19. The van der Waals surface area contributed by atoms with Crippen LogP contribution >= 0.6 is 0 Å². The lowest BCUT2D eigenvalue weighted by atomic mass is 9.87. The lowest BCUT2D eigenvalue weighted by Crippen LogP contribution is -2.62. The summed E-state index contributed by atoms with van der Waals surface area (Å²) in [6.07, 6.45) is 3.30. The largest absolute Gasteiger partial charge is 0.376 e. The van der Waals surface area contributed by atoms with Crippen LogP contribution in [0.5, 0.6) is 0 Å². The number of amides is 2. The van der Waals surface area contributed by atoms with Crippen LogP contribution in [-0.2, 0) is 14.3 Å². The molecule has 112 valence electrons. The Morgan fingerprint density at radius 1 is 1.30 bits per heavy atom. The summed E-state index contributed by atoms with van der Waals surface area (Å²) in [6, 6.07) is 0. The first kappa shape index (κ1) is 13.9. The third-order valence-electron chi connectivity index (χ3n) is 5.51. The fourth-order valence-electron chi connectivity index (χ4n) is 3.61. The second-order valence-corrected chi connectivity index (χ2v) is 6.85. The van der Waals surface area contributed by atoms with E-state index in [0.29, 0.717) is 25.5 Å². The molecule has 5 heteroatoms. The van der Waals surface area contributed by atoms with Crippen molar-refractivity contribution in [1.29, 1.82) is 0 Å². The first-order valence-corrected chi connectivity index (χ1v) is 7.62. The van der Waals surface area contributed by atoms with E-state index in [1.54, 1.807) is 0 Å². The van der Waals surface area contributed by atoms with E-state index < -0.39 is 5.54 Å². The fraction of sp³-hybridized carbons (Fsp3) is 0.867. The van der Waals surface area contributed by atoms with Gasteiger partial charge >= 0.3 is 0 Å². The Balaban J connectivity index is 1.94. The highest BCUT2D eigenvalue weighted by molar-refractivity contribution is 5.94. The first-order valence-electron chi connectivity index (χ1n) is 7.62. The van der Waals surface area contributed by atoms with E-state index in [1.165, 1.54) is 0 Å². The van der Waals surface area contributed by atoms with Gasteiger partial charge in [-0.3, -0.25) is 9.59 Å². The monoisotopic (exact) mass is 280 g/mol. The van der Waals surface area contributed by atoms with Crippen molar-refractivity contribution in [3.63, 3.8) is 0 Å². The van der Waals surface area contributed by atoms with Crippen LogP contribution in [0.25, 0.3) is 0 Å². The van der Waals surface area contributed by atoms with Crippen molar-refractivity contribution in [2.24, 2.45) is 5.92 Å². The topological polar surface area (TPSA) is 58.6 Å². The smallest absolute Gasteiger partial charge is 0.248 e. The maximum absolute atomic E-state index is 13.1. The Morgan fingerprint density at radius 2 is 2.00 bits per heavy atom. The Labute approximate surface area is 120 Å². The van der Waals surface area contributed by atoms with Gasteiger partial charge in [-0.1, -0.05) is 0 Å². The van der Waals surface area contributed by atoms with Crippen molar-refractivity contribution in [3.8, 4) is 0 Å². The molecule has 0 aromatic carbocycles. The molecule has 3 unspecified atom stereocenters. The van der Waals surface area contributed by atoms with Gasteiger partial charge in [-0.05, 0) is 46.0 Å². The normalized spacial score (nSPS) is 42.5. The third kappa shape index (κ3) is 1.94. The van der Waals surface area contributed by atoms with Crippen LogP contribution in [0.4, 0.5) is 0 Å². The molecule has 0 aromatic heterocycles. The molecule has 3 fully saturated rings. The average molecular weight is 280 g/mol. The van der Waals surface area contributed by atoms with E-state index in [9.17, 15) is 9.59 Å². The van der Waals surface area contributed by atoms with Crippen molar-refractivity contribution >= 4 is 11.8 Å². The van der Waals surface area contributed by atoms with E-state index in [1.807, 2.05) is 18.7 Å². The van der Waals surface area contributed by atoms with Gasteiger partial charge in [0.1, 0.15) is 5.54 Å². The minimum absolute atomic E-state index is 0.00887. The Kier molecular flexibility index (Phi) is 3.08. The van der Waals surface area contributed by atoms with E-state index in [0.717, 1.165) is 19.3 Å². The van der Waals surface area contributed by atoms with Crippen molar-refractivity contribution in [2.75, 3.05) is 13.2 Å². The van der Waals surface area contributed by atoms with Crippen LogP contribution in [0.1, 0.15) is 46.5 Å². The molecule has 2 amide bonds. The Bertz CT molecular complexity index is 448. The van der Waals surface area contributed by atoms with Crippen molar-refractivity contribution in [2.45, 2.75) is 63.6 Å². The zero-order chi connectivity index (χ0) is 14.5. The molecule has 2 aliphatic heterocycles. The molecule has 1 saturated carbocycles. The van der Waals surface area contributed by atoms with Crippen LogP contribution in [0.2, 0.25) is 0 Å². The standard InChI is InChI=1S/C15H24N2O3/c1-10-14(2,7-9-20-10)17-8-6-12(18)16-15(3,13(17)19)11-4-5-11/h10-11H,4-9H2,1-3H3,(H,16,18). The predicted molar refractivity (Wildman–Crippen MR) is 74.0 cm³/mol. The fourth-order valence-corrected chi connectivity index (χ4v) is 3.61. The van der Waals surface area contributed by atoms with Crippen molar-refractivity contribution in [1.82, 2.24) is 10.2 Å². The average Bonchev–Trinajstić information content (AvgIpc) is 3.18. The number of nitrogens with zero attached hydrogens (tertiary/aromatic N) is 1. The molecule has 0 radical (unpaired) electrons. The summed E-state index contributed by atoms with van der Waals surface area (Å²) in [5, 5.41) is 2.98. The Morgan fingerprint density at radius 3 is 2.55 bits per heavy atom. The summed E-state index contributed by atoms with van der Waals surface area (Å²) in [7, 11) is 0. The molecule has 2 heterocycles. The molecule has 3 aliphatic rings. The van der Waals surface area contributed by atoms with Gasteiger partial charge in [0.15, 0.2) is 0 Å². The molecule has 0 spiro atoms. The zero-order valence-corrected chi connectivity index (χ0v) is 12.6. The highest BCUT2D eigenvalue weighted by Crippen LogP contribution is 2.43. The van der Waals surface area contributed by atoms with Crippen LogP contribution in [0.3, 0.4) is 0 Å². The second-order valence-electron chi connectivity index (χ2n) is 6.85. The Hall–Kier alpha value is -1.10. The van der Waals surface area contributed by atoms with Gasteiger partial charge in [-0.2, -0.15) is 0 Å². The number of nitrogens with one attached hydrogen (secondary N) is 1. The van der Waals surface area contributed by atoms with Gasteiger partial charge in [-0.15, -0.1) is 0 Å². The van der Waals surface area contributed by atoms with Gasteiger partial charge in [0.25, 0.3) is 0 Å². The summed E-state index contributed by atoms with van der Waals surface area (Å²) < 4.78 is 5.68. The maximum atomic E-state index is 13.1. The quantitative estimate of drug-likeness (QED) is 0.823. The highest BCUT2D eigenvalue weighted by atomic mass is 16.5. The van der Waals surface area contributed by atoms with Crippen LogP contribution in [-0.4, -0.2) is 47.0 Å². The second kappa shape index (κ2) is 4.45. The van der Waals surface area contributed by atoms with Crippen molar-refractivity contribution in [3.05, 3.63) is 0 Å². The van der Waals surface area contributed by atoms with Gasteiger partial charge < -0.3 is 15.0 Å². The first-order chi connectivity index (χ1) is 9.38. The van der Waals surface area contributed by atoms with Gasteiger partial charge in [0.05, 0.1) is 11.6 Å². The van der Waals surface area contributed by atoms with Gasteiger partial charge in [0.2, 0.25) is 11.8 Å². The summed E-state index contributed by atoms with van der Waals surface area (Å²) in [4.78, 5) is 27.0. The summed E-state index contributed by atoms with van der Waals surface area (Å²) in [5.41, 5.74) is -1.02. The number of carbonyl (C=O) groups is 2. The molecular formula is C15H24N2O3. The lowest BCUT2D eigenvalue weighted by Gasteiger charge is -2.43. The van der Waals surface area contributed by atoms with Crippen molar-refractivity contribution < 1.29 is 14.3 Å². The predicted octanol–water partition coefficient (Wildman–Crippen LogP) is 1.07. The molecule has 1 aliphatic carbocycles. The molecule has 3 atom stereocenters. The number of ether oxygens (including phenoxy) is 1. The minimum Gasteiger partial charge on any atom is -0.376 e. The van der Waals surface area contributed by atoms with E-state index in [-0.39, 0.29) is 23.5 Å². The van der Waals surface area contributed by atoms with E-state index in [2.05, 4.69) is 12.2 Å². The molecule has 1 N–H and O–H groups in total. The molecule has 0 aromatic rings. The molecule has 20 heavy (non-hydrogen) atoms. The van der Waals surface area contributed by atoms with Gasteiger partial charge in [0, 0.05) is 19.6 Å². The van der Waals surface area contributed by atoms with Crippen LogP contribution < -0.4 is 5.32 Å². The summed E-state index contributed by atoms with van der Waals surface area (Å²) >= 11 is 0. The number of hydrogen-bond donors (Lipinski definition) is 1. The number of hydrogen-bond acceptors (Lipinski definition) is 3. The number of carbonyl (C=O) groups excluding carboxylic acids is 2. The molecular weight excluding hydrogens is 256 g/mol. The SMILES string of the molecule is CC1OCCC1(C)N1CCC(=O)NC(C)(C2CC2)C1=O. The van der Waals surface area contributed by atoms with E-state index in [4.69, 9.17) is 4.74 Å². The lowest BCUT2D eigenvalue weighted by molar-refractivity contribution is -0.146. The summed E-state index contributed by atoms with van der Waals surface area (Å²) in [5.74, 6) is 0.358. The zero-order valence-electron chi connectivity index (χ0n) is 12.6. The van der Waals surface area contributed by atoms with Gasteiger partial charge in [-0.25, -0.2) is 0 Å². The molecule has 2 saturated heterocycles. The molecule has 5 nitrogen and oxygen atoms in total. The van der Waals surface area contributed by atoms with Crippen LogP contribution in [0.15, 0.2) is 0 Å². The van der Waals surface area contributed by atoms with E-state index >= 15 is 0 Å². The maximum Gasteiger partial charge on any atom is 0.248 e. The number of rotatable bonds is 2. The minimum atomic E-state index is -0.723. The molecule has 3 rings (SSSR count). The van der Waals surface area contributed by atoms with Crippen LogP contribution in [0, 0.1) is 5.92 Å². The third-order valence-corrected chi connectivity index (χ3v) is 5.51. The molecule has 0 bridgehead atoms. The highest BCUT2D eigenvalue weighted by Gasteiger charge is 2.55.